The number of anilines is 1. The zero-order chi connectivity index (χ0) is 13.0. The van der Waals surface area contributed by atoms with Crippen molar-refractivity contribution >= 4 is 28.3 Å². The van der Waals surface area contributed by atoms with Gasteiger partial charge in [0.05, 0.1) is 0 Å². The summed E-state index contributed by atoms with van der Waals surface area (Å²) in [4.78, 5) is 11.5. The maximum atomic E-state index is 11.5. The molecular formula is C14H15IN2O. The fourth-order valence-corrected chi connectivity index (χ4v) is 2.23. The first-order chi connectivity index (χ1) is 8.66. The molecule has 2 aromatic rings. The van der Waals surface area contributed by atoms with Crippen molar-refractivity contribution in [3.05, 3.63) is 62.1 Å². The Bertz CT molecular complexity index is 592. The van der Waals surface area contributed by atoms with Gasteiger partial charge in [0.25, 0.3) is 5.56 Å². The Hall–Kier alpha value is -1.30. The maximum Gasteiger partial charge on any atom is 0.250 e. The lowest BCUT2D eigenvalue weighted by Crippen LogP contribution is -2.22. The molecule has 0 bridgehead atoms. The molecule has 0 aliphatic rings. The van der Waals surface area contributed by atoms with Crippen LogP contribution in [0.5, 0.6) is 0 Å². The first-order valence-electron chi connectivity index (χ1n) is 5.82. The highest BCUT2D eigenvalue weighted by molar-refractivity contribution is 14.1. The van der Waals surface area contributed by atoms with Crippen LogP contribution in [0.15, 0.2) is 47.4 Å². The Morgan fingerprint density at radius 2 is 2.11 bits per heavy atom. The van der Waals surface area contributed by atoms with Gasteiger partial charge in [0, 0.05) is 34.6 Å². The van der Waals surface area contributed by atoms with Crippen LogP contribution in [-0.2, 0) is 6.54 Å². The molecule has 0 spiro atoms. The summed E-state index contributed by atoms with van der Waals surface area (Å²) in [6, 6.07) is 11.5. The van der Waals surface area contributed by atoms with Crippen LogP contribution >= 0.6 is 22.6 Å². The summed E-state index contributed by atoms with van der Waals surface area (Å²) < 4.78 is 2.91. The number of nitrogens with one attached hydrogen (secondary N) is 1. The number of hydrogen-bond donors (Lipinski definition) is 1. The third-order valence-electron chi connectivity index (χ3n) is 2.77. The van der Waals surface area contributed by atoms with E-state index < -0.39 is 0 Å². The van der Waals surface area contributed by atoms with Crippen LogP contribution in [0.2, 0.25) is 0 Å². The molecule has 94 valence electrons. The molecule has 0 saturated carbocycles. The number of aromatic nitrogens is 1. The smallest absolute Gasteiger partial charge is 0.250 e. The molecule has 0 fully saturated rings. The molecule has 0 aliphatic heterocycles. The van der Waals surface area contributed by atoms with Gasteiger partial charge in [-0.15, -0.1) is 0 Å². The summed E-state index contributed by atoms with van der Waals surface area (Å²) in [6.45, 7) is 3.49. The highest BCUT2D eigenvalue weighted by atomic mass is 127. The molecule has 1 N–H and O–H groups in total. The fraction of sp³-hybridized carbons (Fsp3) is 0.214. The van der Waals surface area contributed by atoms with E-state index in [1.165, 1.54) is 9.13 Å². The van der Waals surface area contributed by atoms with Crippen molar-refractivity contribution < 1.29 is 0 Å². The second kappa shape index (κ2) is 6.04. The van der Waals surface area contributed by atoms with Crippen LogP contribution in [0.4, 0.5) is 5.69 Å². The minimum Gasteiger partial charge on any atom is -0.383 e. The molecule has 2 rings (SSSR count). The van der Waals surface area contributed by atoms with Crippen LogP contribution in [0.25, 0.3) is 0 Å². The lowest BCUT2D eigenvalue weighted by Gasteiger charge is -2.11. The summed E-state index contributed by atoms with van der Waals surface area (Å²) in [5.41, 5.74) is 2.39. The second-order valence-electron chi connectivity index (χ2n) is 4.12. The molecule has 1 aromatic carbocycles. The van der Waals surface area contributed by atoms with Crippen molar-refractivity contribution in [3.8, 4) is 0 Å². The Labute approximate surface area is 120 Å². The first-order valence-corrected chi connectivity index (χ1v) is 6.90. The molecule has 0 atom stereocenters. The van der Waals surface area contributed by atoms with Crippen LogP contribution in [-0.4, -0.2) is 11.1 Å². The molecule has 4 heteroatoms. The molecule has 18 heavy (non-hydrogen) atoms. The molecule has 1 aromatic heterocycles. The van der Waals surface area contributed by atoms with E-state index in [1.54, 1.807) is 16.7 Å². The van der Waals surface area contributed by atoms with E-state index in [9.17, 15) is 4.79 Å². The number of benzene rings is 1. The van der Waals surface area contributed by atoms with E-state index >= 15 is 0 Å². The van der Waals surface area contributed by atoms with Crippen molar-refractivity contribution in [1.29, 1.82) is 0 Å². The molecule has 0 amide bonds. The van der Waals surface area contributed by atoms with E-state index in [0.717, 1.165) is 12.2 Å². The minimum absolute atomic E-state index is 0.0404. The van der Waals surface area contributed by atoms with Crippen LogP contribution < -0.4 is 10.9 Å². The van der Waals surface area contributed by atoms with E-state index in [-0.39, 0.29) is 5.56 Å². The van der Waals surface area contributed by atoms with Gasteiger partial charge in [0.2, 0.25) is 0 Å². The zero-order valence-corrected chi connectivity index (χ0v) is 12.3. The second-order valence-corrected chi connectivity index (χ2v) is 5.36. The Kier molecular flexibility index (Phi) is 4.41. The summed E-state index contributed by atoms with van der Waals surface area (Å²) >= 11 is 2.30. The number of aryl methyl sites for hydroxylation is 1. The molecule has 0 aliphatic carbocycles. The highest BCUT2D eigenvalue weighted by Gasteiger charge is 1.99. The normalized spacial score (nSPS) is 10.3. The monoisotopic (exact) mass is 354 g/mol. The lowest BCUT2D eigenvalue weighted by molar-refractivity contribution is 0.697. The lowest BCUT2D eigenvalue weighted by atomic mass is 10.2. The predicted octanol–water partition coefficient (Wildman–Crippen LogP) is 2.87. The van der Waals surface area contributed by atoms with Gasteiger partial charge < -0.3 is 9.88 Å². The maximum absolute atomic E-state index is 11.5. The summed E-state index contributed by atoms with van der Waals surface area (Å²) in [5, 5.41) is 3.36. The summed E-state index contributed by atoms with van der Waals surface area (Å²) in [6.07, 6.45) is 1.81. The molecular weight excluding hydrogens is 339 g/mol. The standard InChI is InChI=1S/C14H15IN2O/c1-11-5-6-12(15)10-13(11)16-7-9-17-8-3-2-4-14(17)18/h2-6,8,10,16H,7,9H2,1H3. The Morgan fingerprint density at radius 3 is 2.89 bits per heavy atom. The first kappa shape index (κ1) is 13.1. The van der Waals surface area contributed by atoms with Gasteiger partial charge in [-0.3, -0.25) is 4.79 Å². The number of pyridine rings is 1. The van der Waals surface area contributed by atoms with Gasteiger partial charge in [-0.2, -0.15) is 0 Å². The van der Waals surface area contributed by atoms with Gasteiger partial charge >= 0.3 is 0 Å². The van der Waals surface area contributed by atoms with Crippen molar-refractivity contribution in [1.82, 2.24) is 4.57 Å². The third-order valence-corrected chi connectivity index (χ3v) is 3.44. The predicted molar refractivity (Wildman–Crippen MR) is 83.1 cm³/mol. The number of rotatable bonds is 4. The quantitative estimate of drug-likeness (QED) is 0.857. The number of nitrogens with zero attached hydrogens (tertiary/aromatic N) is 1. The largest absolute Gasteiger partial charge is 0.383 e. The number of hydrogen-bond acceptors (Lipinski definition) is 2. The molecule has 3 nitrogen and oxygen atoms in total. The molecule has 0 radical (unpaired) electrons. The van der Waals surface area contributed by atoms with Crippen LogP contribution in [0.3, 0.4) is 0 Å². The van der Waals surface area contributed by atoms with Crippen molar-refractivity contribution in [3.63, 3.8) is 0 Å². The van der Waals surface area contributed by atoms with E-state index in [0.29, 0.717) is 6.54 Å². The molecule has 0 saturated heterocycles. The van der Waals surface area contributed by atoms with Crippen molar-refractivity contribution in [2.24, 2.45) is 0 Å². The van der Waals surface area contributed by atoms with E-state index in [4.69, 9.17) is 0 Å². The topological polar surface area (TPSA) is 34.0 Å². The molecule has 0 unspecified atom stereocenters. The van der Waals surface area contributed by atoms with Crippen LogP contribution in [0.1, 0.15) is 5.56 Å². The van der Waals surface area contributed by atoms with E-state index in [2.05, 4.69) is 53.0 Å². The van der Waals surface area contributed by atoms with Gasteiger partial charge in [-0.1, -0.05) is 12.1 Å². The Balaban J connectivity index is 1.99. The van der Waals surface area contributed by atoms with Gasteiger partial charge in [-0.25, -0.2) is 0 Å². The van der Waals surface area contributed by atoms with Crippen LogP contribution in [0, 0.1) is 10.5 Å². The highest BCUT2D eigenvalue weighted by Crippen LogP contribution is 2.17. The number of halogens is 1. The van der Waals surface area contributed by atoms with Crippen molar-refractivity contribution in [2.75, 3.05) is 11.9 Å². The Morgan fingerprint density at radius 1 is 1.28 bits per heavy atom. The summed E-state index contributed by atoms with van der Waals surface area (Å²) in [7, 11) is 0. The van der Waals surface area contributed by atoms with E-state index in [1.807, 2.05) is 12.3 Å². The fourth-order valence-electron chi connectivity index (χ4n) is 1.74. The van der Waals surface area contributed by atoms with Gasteiger partial charge in [0.15, 0.2) is 0 Å². The average molecular weight is 354 g/mol. The summed E-state index contributed by atoms with van der Waals surface area (Å²) in [5.74, 6) is 0. The van der Waals surface area contributed by atoms with Gasteiger partial charge in [-0.05, 0) is 53.3 Å². The SMILES string of the molecule is Cc1ccc(I)cc1NCCn1ccccc1=O. The average Bonchev–Trinajstić information content (AvgIpc) is 2.36. The zero-order valence-electron chi connectivity index (χ0n) is 10.2. The minimum atomic E-state index is 0.0404. The van der Waals surface area contributed by atoms with Crippen molar-refractivity contribution in [2.45, 2.75) is 13.5 Å². The third kappa shape index (κ3) is 3.35. The molecule has 1 heterocycles. The van der Waals surface area contributed by atoms with Gasteiger partial charge in [0.1, 0.15) is 0 Å².